The van der Waals surface area contributed by atoms with Gasteiger partial charge in [0.2, 0.25) is 0 Å². The molecule has 0 heterocycles. The summed E-state index contributed by atoms with van der Waals surface area (Å²) in [5.74, 6) is -3.06. The van der Waals surface area contributed by atoms with Gasteiger partial charge >= 0.3 is 11.9 Å². The summed E-state index contributed by atoms with van der Waals surface area (Å²) in [6.45, 7) is 5.17. The normalized spacial score (nSPS) is 11.6. The van der Waals surface area contributed by atoms with Crippen LogP contribution in [0.2, 0.25) is 0 Å². The van der Waals surface area contributed by atoms with Gasteiger partial charge in [0.25, 0.3) is 0 Å². The Morgan fingerprint density at radius 1 is 1.11 bits per heavy atom. The predicted octanol–water partition coefficient (Wildman–Crippen LogP) is 2.35. The predicted molar refractivity (Wildman–Crippen MR) is 67.4 cm³/mol. The van der Waals surface area contributed by atoms with Gasteiger partial charge in [-0.1, -0.05) is 43.7 Å². The minimum absolute atomic E-state index is 0.00435. The molecule has 0 spiro atoms. The van der Waals surface area contributed by atoms with Gasteiger partial charge < -0.3 is 10.2 Å². The van der Waals surface area contributed by atoms with E-state index in [1.54, 1.807) is 26.0 Å². The van der Waals surface area contributed by atoms with Crippen molar-refractivity contribution in [3.05, 3.63) is 35.4 Å². The first-order valence-corrected chi connectivity index (χ1v) is 5.83. The smallest absolute Gasteiger partial charge is 0.321 e. The van der Waals surface area contributed by atoms with E-state index in [-0.39, 0.29) is 6.42 Å². The lowest BCUT2D eigenvalue weighted by Crippen LogP contribution is -2.45. The molecule has 1 aromatic carbocycles. The highest BCUT2D eigenvalue weighted by atomic mass is 16.4. The van der Waals surface area contributed by atoms with Crippen LogP contribution in [-0.4, -0.2) is 22.2 Å². The van der Waals surface area contributed by atoms with E-state index >= 15 is 0 Å². The molecule has 0 fully saturated rings. The topological polar surface area (TPSA) is 74.6 Å². The Morgan fingerprint density at radius 3 is 1.89 bits per heavy atom. The Balaban J connectivity index is 3.16. The molecule has 2 N–H and O–H groups in total. The van der Waals surface area contributed by atoms with Crippen molar-refractivity contribution in [1.29, 1.82) is 0 Å². The zero-order valence-corrected chi connectivity index (χ0v) is 10.8. The summed E-state index contributed by atoms with van der Waals surface area (Å²) in [6.07, 6.45) is -0.00435. The SMILES string of the molecule is Cc1ccc(CC(C(=O)O)(C(=O)O)C(C)C)cc1. The van der Waals surface area contributed by atoms with Gasteiger partial charge in [0.1, 0.15) is 0 Å². The molecule has 0 aliphatic rings. The lowest BCUT2D eigenvalue weighted by molar-refractivity contribution is -0.168. The molecule has 1 aromatic rings. The zero-order chi connectivity index (χ0) is 13.9. The van der Waals surface area contributed by atoms with Gasteiger partial charge in [0.15, 0.2) is 5.41 Å². The first-order chi connectivity index (χ1) is 8.30. The Kier molecular flexibility index (Phi) is 4.11. The van der Waals surface area contributed by atoms with E-state index in [9.17, 15) is 19.8 Å². The number of aryl methyl sites for hydroxylation is 1. The highest BCUT2D eigenvalue weighted by Gasteiger charge is 2.49. The summed E-state index contributed by atoms with van der Waals surface area (Å²) >= 11 is 0. The number of carboxylic acids is 2. The molecule has 0 amide bonds. The van der Waals surface area contributed by atoms with Crippen molar-refractivity contribution in [2.45, 2.75) is 27.2 Å². The van der Waals surface area contributed by atoms with E-state index in [1.165, 1.54) is 0 Å². The van der Waals surface area contributed by atoms with Gasteiger partial charge in [-0.2, -0.15) is 0 Å². The second kappa shape index (κ2) is 5.21. The highest BCUT2D eigenvalue weighted by molar-refractivity contribution is 5.98. The van der Waals surface area contributed by atoms with Crippen LogP contribution in [0.3, 0.4) is 0 Å². The van der Waals surface area contributed by atoms with Crippen molar-refractivity contribution in [3.8, 4) is 0 Å². The van der Waals surface area contributed by atoms with Gasteiger partial charge in [-0.3, -0.25) is 9.59 Å². The molecule has 98 valence electrons. The van der Waals surface area contributed by atoms with Gasteiger partial charge in [-0.25, -0.2) is 0 Å². The van der Waals surface area contributed by atoms with Crippen LogP contribution >= 0.6 is 0 Å². The summed E-state index contributed by atoms with van der Waals surface area (Å²) in [5.41, 5.74) is 0.00793. The van der Waals surface area contributed by atoms with Crippen LogP contribution in [0.5, 0.6) is 0 Å². The molecule has 18 heavy (non-hydrogen) atoms. The van der Waals surface area contributed by atoms with Crippen LogP contribution in [0.15, 0.2) is 24.3 Å². The number of carbonyl (C=O) groups is 2. The Bertz CT molecular complexity index is 431. The molecule has 0 saturated carbocycles. The monoisotopic (exact) mass is 250 g/mol. The fourth-order valence-corrected chi connectivity index (χ4v) is 1.97. The molecule has 0 aliphatic carbocycles. The molecule has 0 bridgehead atoms. The van der Waals surface area contributed by atoms with Crippen LogP contribution in [0.25, 0.3) is 0 Å². The van der Waals surface area contributed by atoms with E-state index in [0.717, 1.165) is 11.1 Å². The number of hydrogen-bond acceptors (Lipinski definition) is 2. The molecule has 0 atom stereocenters. The van der Waals surface area contributed by atoms with Gasteiger partial charge in [0, 0.05) is 0 Å². The third-order valence-corrected chi connectivity index (χ3v) is 3.35. The molecule has 1 rings (SSSR count). The average molecular weight is 250 g/mol. The van der Waals surface area contributed by atoms with Crippen LogP contribution in [0.1, 0.15) is 25.0 Å². The second-order valence-corrected chi connectivity index (χ2v) is 4.90. The Labute approximate surface area is 106 Å². The first kappa shape index (κ1) is 14.2. The fraction of sp³-hybridized carbons (Fsp3) is 0.429. The number of aliphatic carboxylic acids is 2. The standard InChI is InChI=1S/C14H18O4/c1-9(2)14(12(15)16,13(17)18)8-11-6-4-10(3)5-7-11/h4-7,9H,8H2,1-3H3,(H,15,16)(H,17,18). The summed E-state index contributed by atoms with van der Waals surface area (Å²) < 4.78 is 0. The number of rotatable bonds is 5. The van der Waals surface area contributed by atoms with E-state index in [2.05, 4.69) is 0 Å². The lowest BCUT2D eigenvalue weighted by atomic mass is 9.72. The summed E-state index contributed by atoms with van der Waals surface area (Å²) in [4.78, 5) is 22.8. The largest absolute Gasteiger partial charge is 0.480 e. The third-order valence-electron chi connectivity index (χ3n) is 3.35. The van der Waals surface area contributed by atoms with E-state index in [0.29, 0.717) is 0 Å². The molecular formula is C14H18O4. The second-order valence-electron chi connectivity index (χ2n) is 4.90. The molecule has 0 radical (unpaired) electrons. The van der Waals surface area contributed by atoms with Crippen molar-refractivity contribution in [1.82, 2.24) is 0 Å². The highest BCUT2D eigenvalue weighted by Crippen LogP contribution is 2.33. The number of benzene rings is 1. The minimum atomic E-state index is -1.77. The van der Waals surface area contributed by atoms with E-state index < -0.39 is 23.3 Å². The molecule has 0 unspecified atom stereocenters. The summed E-state index contributed by atoms with van der Waals surface area (Å²) in [7, 11) is 0. The van der Waals surface area contributed by atoms with Crippen LogP contribution < -0.4 is 0 Å². The number of carboxylic acid groups (broad SMARTS) is 2. The molecule has 0 aliphatic heterocycles. The van der Waals surface area contributed by atoms with Gasteiger partial charge in [-0.05, 0) is 24.8 Å². The van der Waals surface area contributed by atoms with Crippen molar-refractivity contribution in [2.24, 2.45) is 11.3 Å². The molecule has 4 heteroatoms. The van der Waals surface area contributed by atoms with Crippen molar-refractivity contribution in [2.75, 3.05) is 0 Å². The Morgan fingerprint density at radius 2 is 1.56 bits per heavy atom. The average Bonchev–Trinajstić information content (AvgIpc) is 2.26. The van der Waals surface area contributed by atoms with Gasteiger partial charge in [-0.15, -0.1) is 0 Å². The minimum Gasteiger partial charge on any atom is -0.480 e. The Hall–Kier alpha value is -1.84. The molecule has 0 aromatic heterocycles. The molecular weight excluding hydrogens is 232 g/mol. The van der Waals surface area contributed by atoms with Crippen molar-refractivity contribution >= 4 is 11.9 Å². The quantitative estimate of drug-likeness (QED) is 0.786. The van der Waals surface area contributed by atoms with Crippen LogP contribution in [0.4, 0.5) is 0 Å². The number of hydrogen-bond donors (Lipinski definition) is 2. The molecule has 0 saturated heterocycles. The van der Waals surface area contributed by atoms with E-state index in [1.807, 2.05) is 19.1 Å². The summed E-state index contributed by atoms with van der Waals surface area (Å²) in [5, 5.41) is 18.6. The summed E-state index contributed by atoms with van der Waals surface area (Å²) in [6, 6.07) is 7.25. The first-order valence-electron chi connectivity index (χ1n) is 5.83. The van der Waals surface area contributed by atoms with Gasteiger partial charge in [0.05, 0.1) is 0 Å². The maximum absolute atomic E-state index is 11.4. The lowest BCUT2D eigenvalue weighted by Gasteiger charge is -2.28. The maximum Gasteiger partial charge on any atom is 0.321 e. The zero-order valence-electron chi connectivity index (χ0n) is 10.8. The fourth-order valence-electron chi connectivity index (χ4n) is 1.97. The van der Waals surface area contributed by atoms with Crippen molar-refractivity contribution < 1.29 is 19.8 Å². The maximum atomic E-state index is 11.4. The van der Waals surface area contributed by atoms with Crippen LogP contribution in [0, 0.1) is 18.3 Å². The van der Waals surface area contributed by atoms with Crippen molar-refractivity contribution in [3.63, 3.8) is 0 Å². The third kappa shape index (κ3) is 2.53. The van der Waals surface area contributed by atoms with Crippen LogP contribution in [-0.2, 0) is 16.0 Å². The van der Waals surface area contributed by atoms with E-state index in [4.69, 9.17) is 0 Å². The molecule has 4 nitrogen and oxygen atoms in total.